The average molecular weight is 256 g/mol. The summed E-state index contributed by atoms with van der Waals surface area (Å²) in [4.78, 5) is 11.6. The molecule has 98 valence electrons. The molecule has 0 heterocycles. The van der Waals surface area contributed by atoms with Gasteiger partial charge in [-0.05, 0) is 26.3 Å². The Bertz CT molecular complexity index is 472. The van der Waals surface area contributed by atoms with Crippen LogP contribution in [0.2, 0.25) is 0 Å². The number of nitriles is 1. The van der Waals surface area contributed by atoms with Gasteiger partial charge in [0.05, 0.1) is 6.07 Å². The van der Waals surface area contributed by atoms with Gasteiger partial charge in [0.15, 0.2) is 0 Å². The van der Waals surface area contributed by atoms with Crippen molar-refractivity contribution in [2.45, 2.75) is 38.8 Å². The van der Waals surface area contributed by atoms with Gasteiger partial charge in [0.1, 0.15) is 19.5 Å². The molecule has 0 spiro atoms. The highest BCUT2D eigenvalue weighted by Crippen LogP contribution is 2.08. The normalized spacial score (nSPS) is 12.3. The maximum Gasteiger partial charge on any atom is 0.408 e. The molecule has 1 unspecified atom stereocenters. The summed E-state index contributed by atoms with van der Waals surface area (Å²) in [6, 6.07) is 8.59. The van der Waals surface area contributed by atoms with Crippen LogP contribution in [-0.4, -0.2) is 25.6 Å². The molecule has 4 nitrogen and oxygen atoms in total. The Hall–Kier alpha value is -1.96. The minimum Gasteiger partial charge on any atom is -0.444 e. The van der Waals surface area contributed by atoms with Crippen molar-refractivity contribution in [1.29, 1.82) is 5.26 Å². The lowest BCUT2D eigenvalue weighted by molar-refractivity contribution is 0.0516. The summed E-state index contributed by atoms with van der Waals surface area (Å²) in [7, 11) is 5.59. The molecular formula is C14H17BN2O2. The van der Waals surface area contributed by atoms with Crippen LogP contribution in [0.1, 0.15) is 26.3 Å². The number of carbonyl (C=O) groups is 1. The van der Waals surface area contributed by atoms with Gasteiger partial charge >= 0.3 is 6.09 Å². The highest BCUT2D eigenvalue weighted by atomic mass is 16.6. The van der Waals surface area contributed by atoms with Gasteiger partial charge in [0.2, 0.25) is 0 Å². The van der Waals surface area contributed by atoms with Crippen LogP contribution in [0, 0.1) is 11.3 Å². The van der Waals surface area contributed by atoms with Crippen molar-refractivity contribution in [2.24, 2.45) is 0 Å². The van der Waals surface area contributed by atoms with Gasteiger partial charge in [-0.15, -0.1) is 0 Å². The zero-order valence-corrected chi connectivity index (χ0v) is 11.4. The molecule has 0 aliphatic rings. The Balaban J connectivity index is 2.57. The number of nitrogens with one attached hydrogen (secondary N) is 1. The fraction of sp³-hybridized carbons (Fsp3) is 0.429. The van der Waals surface area contributed by atoms with Crippen LogP contribution < -0.4 is 10.8 Å². The molecule has 1 amide bonds. The SMILES string of the molecule is [B]c1ccc(CC(C#N)NC(=O)OC(C)(C)C)cc1. The average Bonchev–Trinajstić information content (AvgIpc) is 2.28. The number of nitrogens with zero attached hydrogens (tertiary/aromatic N) is 1. The first kappa shape index (κ1) is 15.1. The summed E-state index contributed by atoms with van der Waals surface area (Å²) in [5, 5.41) is 11.6. The van der Waals surface area contributed by atoms with E-state index in [1.165, 1.54) is 0 Å². The van der Waals surface area contributed by atoms with Crippen LogP contribution in [-0.2, 0) is 11.2 Å². The third-order valence-corrected chi connectivity index (χ3v) is 2.27. The van der Waals surface area contributed by atoms with Crippen LogP contribution in [0.4, 0.5) is 4.79 Å². The summed E-state index contributed by atoms with van der Waals surface area (Å²) in [6.07, 6.45) is -0.176. The molecule has 0 aliphatic heterocycles. The van der Waals surface area contributed by atoms with E-state index < -0.39 is 17.7 Å². The quantitative estimate of drug-likeness (QED) is 0.832. The molecule has 1 N–H and O–H groups in total. The molecule has 0 fully saturated rings. The Morgan fingerprint density at radius 2 is 2.00 bits per heavy atom. The zero-order valence-electron chi connectivity index (χ0n) is 11.4. The maximum absolute atomic E-state index is 11.6. The summed E-state index contributed by atoms with van der Waals surface area (Å²) in [6.45, 7) is 5.32. The maximum atomic E-state index is 11.6. The number of benzene rings is 1. The lowest BCUT2D eigenvalue weighted by Crippen LogP contribution is -2.39. The molecule has 0 aliphatic carbocycles. The lowest BCUT2D eigenvalue weighted by Gasteiger charge is -2.21. The highest BCUT2D eigenvalue weighted by Gasteiger charge is 2.19. The monoisotopic (exact) mass is 256 g/mol. The Kier molecular flexibility index (Phi) is 4.99. The number of ether oxygens (including phenoxy) is 1. The fourth-order valence-corrected chi connectivity index (χ4v) is 1.47. The molecule has 0 saturated carbocycles. The van der Waals surface area contributed by atoms with Crippen molar-refractivity contribution in [3.05, 3.63) is 29.8 Å². The molecule has 19 heavy (non-hydrogen) atoms. The van der Waals surface area contributed by atoms with E-state index in [4.69, 9.17) is 17.8 Å². The first-order valence-corrected chi connectivity index (χ1v) is 6.04. The Morgan fingerprint density at radius 1 is 1.42 bits per heavy atom. The van der Waals surface area contributed by atoms with Crippen molar-refractivity contribution < 1.29 is 9.53 Å². The third kappa shape index (κ3) is 5.96. The van der Waals surface area contributed by atoms with Gasteiger partial charge in [-0.25, -0.2) is 4.79 Å². The zero-order chi connectivity index (χ0) is 14.5. The number of amides is 1. The summed E-state index contributed by atoms with van der Waals surface area (Å²) < 4.78 is 5.11. The topological polar surface area (TPSA) is 62.1 Å². The van der Waals surface area contributed by atoms with Gasteiger partial charge in [-0.1, -0.05) is 29.7 Å². The number of rotatable bonds is 3. The summed E-state index contributed by atoms with van der Waals surface area (Å²) >= 11 is 0. The van der Waals surface area contributed by atoms with Crippen molar-refractivity contribution in [2.75, 3.05) is 0 Å². The van der Waals surface area contributed by atoms with Crippen LogP contribution >= 0.6 is 0 Å². The van der Waals surface area contributed by atoms with Crippen LogP contribution in [0.5, 0.6) is 0 Å². The van der Waals surface area contributed by atoms with Gasteiger partial charge in [0.25, 0.3) is 0 Å². The molecule has 1 aromatic rings. The molecule has 0 saturated heterocycles. The minimum absolute atomic E-state index is 0.413. The van der Waals surface area contributed by atoms with Crippen LogP contribution in [0.25, 0.3) is 0 Å². The number of carbonyl (C=O) groups excluding carboxylic acids is 1. The first-order valence-electron chi connectivity index (χ1n) is 6.04. The standard InChI is InChI=1S/C14H17BN2O2/c1-14(2,3)19-13(18)17-12(9-16)8-10-4-6-11(15)7-5-10/h4-7,12H,8H2,1-3H3,(H,17,18). The Labute approximate surface area is 115 Å². The van der Waals surface area contributed by atoms with E-state index in [0.717, 1.165) is 5.56 Å². The summed E-state index contributed by atoms with van der Waals surface area (Å²) in [5.41, 5.74) is 1.01. The molecule has 1 rings (SSSR count). The predicted octanol–water partition coefficient (Wildman–Crippen LogP) is 1.44. The number of hydrogen-bond donors (Lipinski definition) is 1. The molecular weight excluding hydrogens is 239 g/mol. The minimum atomic E-state index is -0.626. The molecule has 2 radical (unpaired) electrons. The second kappa shape index (κ2) is 6.28. The van der Waals surface area contributed by atoms with E-state index >= 15 is 0 Å². The van der Waals surface area contributed by atoms with Gasteiger partial charge < -0.3 is 10.1 Å². The van der Waals surface area contributed by atoms with Crippen molar-refractivity contribution in [3.8, 4) is 6.07 Å². The predicted molar refractivity (Wildman–Crippen MR) is 74.3 cm³/mol. The first-order chi connectivity index (χ1) is 8.80. The van der Waals surface area contributed by atoms with Crippen LogP contribution in [0.3, 0.4) is 0 Å². The van der Waals surface area contributed by atoms with Crippen LogP contribution in [0.15, 0.2) is 24.3 Å². The fourth-order valence-electron chi connectivity index (χ4n) is 1.47. The molecule has 5 heteroatoms. The van der Waals surface area contributed by atoms with E-state index in [0.29, 0.717) is 11.9 Å². The Morgan fingerprint density at radius 3 is 2.47 bits per heavy atom. The van der Waals surface area contributed by atoms with E-state index in [1.54, 1.807) is 32.9 Å². The lowest BCUT2D eigenvalue weighted by atomic mass is 9.94. The van der Waals surface area contributed by atoms with Crippen molar-refractivity contribution >= 4 is 19.4 Å². The van der Waals surface area contributed by atoms with E-state index in [-0.39, 0.29) is 0 Å². The van der Waals surface area contributed by atoms with Crippen molar-refractivity contribution in [3.63, 3.8) is 0 Å². The van der Waals surface area contributed by atoms with E-state index in [1.807, 2.05) is 18.2 Å². The van der Waals surface area contributed by atoms with E-state index in [9.17, 15) is 4.79 Å². The number of hydrogen-bond acceptors (Lipinski definition) is 3. The largest absolute Gasteiger partial charge is 0.444 e. The van der Waals surface area contributed by atoms with Crippen molar-refractivity contribution in [1.82, 2.24) is 5.32 Å². The smallest absolute Gasteiger partial charge is 0.408 e. The van der Waals surface area contributed by atoms with E-state index in [2.05, 4.69) is 5.32 Å². The number of alkyl carbamates (subject to hydrolysis) is 1. The second-order valence-corrected chi connectivity index (χ2v) is 5.27. The molecule has 1 atom stereocenters. The second-order valence-electron chi connectivity index (χ2n) is 5.27. The van der Waals surface area contributed by atoms with Gasteiger partial charge in [0, 0.05) is 6.42 Å². The summed E-state index contributed by atoms with van der Waals surface area (Å²) in [5.74, 6) is 0. The molecule has 0 bridgehead atoms. The molecule has 0 aromatic heterocycles. The molecule has 1 aromatic carbocycles. The highest BCUT2D eigenvalue weighted by molar-refractivity contribution is 6.32. The van der Waals surface area contributed by atoms with Gasteiger partial charge in [-0.2, -0.15) is 5.26 Å². The third-order valence-electron chi connectivity index (χ3n) is 2.27. The van der Waals surface area contributed by atoms with Gasteiger partial charge in [-0.3, -0.25) is 0 Å².